The van der Waals surface area contributed by atoms with Crippen molar-refractivity contribution < 1.29 is 0 Å². The van der Waals surface area contributed by atoms with Gasteiger partial charge in [0.15, 0.2) is 0 Å². The molecule has 0 unspecified atom stereocenters. The summed E-state index contributed by atoms with van der Waals surface area (Å²) < 4.78 is 0.127. The largest absolute Gasteiger partial charge is 0.261 e. The summed E-state index contributed by atoms with van der Waals surface area (Å²) in [5.41, 5.74) is 2.73. The molecule has 0 N–H and O–H groups in total. The van der Waals surface area contributed by atoms with E-state index in [9.17, 15) is 0 Å². The van der Waals surface area contributed by atoms with Gasteiger partial charge >= 0.3 is 0 Å². The topological polar surface area (TPSA) is 12.9 Å². The molecule has 0 aliphatic heterocycles. The molecule has 0 aliphatic rings. The van der Waals surface area contributed by atoms with Crippen LogP contribution in [-0.4, -0.2) is 21.1 Å². The van der Waals surface area contributed by atoms with Crippen LogP contribution in [0.4, 0.5) is 0 Å². The van der Waals surface area contributed by atoms with E-state index in [1.165, 1.54) is 11.3 Å². The van der Waals surface area contributed by atoms with Gasteiger partial charge in [0.05, 0.1) is 16.1 Å². The molecule has 1 heterocycles. The van der Waals surface area contributed by atoms with Gasteiger partial charge in [-0.1, -0.05) is 75.7 Å². The minimum atomic E-state index is -1.55. The van der Waals surface area contributed by atoms with Crippen molar-refractivity contribution in [3.8, 4) is 0 Å². The summed E-state index contributed by atoms with van der Waals surface area (Å²) in [5.74, 6) is 0. The summed E-state index contributed by atoms with van der Waals surface area (Å²) in [6.07, 6.45) is 1.95. The van der Waals surface area contributed by atoms with Gasteiger partial charge in [0.25, 0.3) is 0 Å². The van der Waals surface area contributed by atoms with Crippen LogP contribution in [0.15, 0.2) is 54.7 Å². The van der Waals surface area contributed by atoms with Crippen molar-refractivity contribution in [2.45, 2.75) is 43.9 Å². The summed E-state index contributed by atoms with van der Waals surface area (Å²) in [7, 11) is -3.11. The minimum absolute atomic E-state index is 0.127. The molecule has 1 nitrogen and oxygen atoms in total. The lowest BCUT2D eigenvalue weighted by Gasteiger charge is -2.52. The van der Waals surface area contributed by atoms with Gasteiger partial charge in [-0.3, -0.25) is 4.98 Å². The molecule has 112 valence electrons. The number of pyridine rings is 1. The summed E-state index contributed by atoms with van der Waals surface area (Å²) in [4.78, 5) is 4.83. The first-order valence-electron chi connectivity index (χ1n) is 7.68. The average Bonchev–Trinajstić information content (AvgIpc) is 2.38. The molecule has 3 heteroatoms. The Kier molecular flexibility index (Phi) is 4.27. The van der Waals surface area contributed by atoms with Gasteiger partial charge in [-0.05, 0) is 17.7 Å². The molecule has 0 fully saturated rings. The third kappa shape index (κ3) is 2.65. The van der Waals surface area contributed by atoms with Gasteiger partial charge < -0.3 is 0 Å². The lowest BCUT2D eigenvalue weighted by atomic mass is 10.1. The molecule has 0 bridgehead atoms. The van der Waals surface area contributed by atoms with Crippen molar-refractivity contribution in [1.82, 2.24) is 4.98 Å². The van der Waals surface area contributed by atoms with Crippen LogP contribution in [0.25, 0.3) is 0 Å². The highest BCUT2D eigenvalue weighted by molar-refractivity contribution is 6.99. The summed E-state index contributed by atoms with van der Waals surface area (Å²) in [6, 6.07) is 17.5. The van der Waals surface area contributed by atoms with Gasteiger partial charge in [0.1, 0.15) is 0 Å². The van der Waals surface area contributed by atoms with Crippen molar-refractivity contribution in [2.75, 3.05) is 0 Å². The predicted octanol–water partition coefficient (Wildman–Crippen LogP) is 5.12. The van der Waals surface area contributed by atoms with Gasteiger partial charge in [-0.2, -0.15) is 0 Å². The lowest BCUT2D eigenvalue weighted by Crippen LogP contribution is -2.64. The van der Waals surface area contributed by atoms with Crippen LogP contribution in [-0.2, 0) is 4.66 Å². The second-order valence-corrected chi connectivity index (χ2v) is 18.8. The Labute approximate surface area is 131 Å². The maximum atomic E-state index is 4.83. The highest BCUT2D eigenvalue weighted by Gasteiger charge is 2.55. The van der Waals surface area contributed by atoms with Crippen molar-refractivity contribution in [3.63, 3.8) is 0 Å². The van der Waals surface area contributed by atoms with E-state index in [1.54, 1.807) is 0 Å². The predicted molar refractivity (Wildman–Crippen MR) is 98.2 cm³/mol. The molecule has 0 atom stereocenters. The van der Waals surface area contributed by atoms with Crippen LogP contribution in [0.2, 0.25) is 39.3 Å². The first kappa shape index (κ1) is 16.2. The molecule has 2 rings (SSSR count). The molecule has 0 spiro atoms. The van der Waals surface area contributed by atoms with Crippen LogP contribution in [0.5, 0.6) is 0 Å². The zero-order valence-corrected chi connectivity index (χ0v) is 16.1. The van der Waals surface area contributed by atoms with E-state index in [0.29, 0.717) is 0 Å². The Balaban J connectivity index is 2.87. The Hall–Kier alpha value is -1.20. The summed E-state index contributed by atoms with van der Waals surface area (Å²) in [5, 5.41) is 0. The monoisotopic (exact) mass is 313 g/mol. The van der Waals surface area contributed by atoms with E-state index >= 15 is 0 Å². The molecule has 21 heavy (non-hydrogen) atoms. The first-order chi connectivity index (χ1) is 9.71. The Morgan fingerprint density at radius 1 is 0.714 bits per heavy atom. The van der Waals surface area contributed by atoms with Crippen molar-refractivity contribution in [1.29, 1.82) is 0 Å². The summed E-state index contributed by atoms with van der Waals surface area (Å²) >= 11 is 0. The van der Waals surface area contributed by atoms with Crippen LogP contribution in [0.3, 0.4) is 0 Å². The maximum absolute atomic E-state index is 4.83. The number of aromatic nitrogens is 1. The van der Waals surface area contributed by atoms with Crippen LogP contribution >= 0.6 is 0 Å². The molecule has 0 radical (unpaired) electrons. The lowest BCUT2D eigenvalue weighted by molar-refractivity contribution is 0.868. The van der Waals surface area contributed by atoms with Gasteiger partial charge in [-0.25, -0.2) is 0 Å². The normalized spacial score (nSPS) is 13.2. The molecular formula is C18H27NSi2. The Morgan fingerprint density at radius 2 is 1.24 bits per heavy atom. The van der Waals surface area contributed by atoms with E-state index in [2.05, 4.69) is 81.7 Å². The molecular weight excluding hydrogens is 286 g/mol. The van der Waals surface area contributed by atoms with E-state index in [0.717, 1.165) is 0 Å². The Morgan fingerprint density at radius 3 is 1.67 bits per heavy atom. The van der Waals surface area contributed by atoms with Crippen LogP contribution in [0.1, 0.15) is 11.3 Å². The highest BCUT2D eigenvalue weighted by Crippen LogP contribution is 2.46. The fourth-order valence-electron chi connectivity index (χ4n) is 4.18. The van der Waals surface area contributed by atoms with Crippen LogP contribution < -0.4 is 0 Å². The highest BCUT2D eigenvalue weighted by atomic mass is 28.4. The maximum Gasteiger partial charge on any atom is 0.0598 e. The number of rotatable bonds is 4. The fourth-order valence-corrected chi connectivity index (χ4v) is 17.1. The van der Waals surface area contributed by atoms with Crippen molar-refractivity contribution in [3.05, 3.63) is 66.0 Å². The molecule has 1 aromatic carbocycles. The number of hydrogen-bond donors (Lipinski definition) is 0. The third-order valence-electron chi connectivity index (χ3n) is 4.51. The SMILES string of the molecule is C[Si](C)(C)C(c1ccccc1)(c1ccccn1)[Si](C)(C)C. The molecule has 0 saturated carbocycles. The first-order valence-corrected chi connectivity index (χ1v) is 14.7. The molecule has 0 aliphatic carbocycles. The Bertz CT molecular complexity index is 525. The van der Waals surface area contributed by atoms with E-state index < -0.39 is 16.1 Å². The quantitative estimate of drug-likeness (QED) is 0.714. The van der Waals surface area contributed by atoms with Gasteiger partial charge in [0, 0.05) is 16.6 Å². The number of benzene rings is 1. The van der Waals surface area contributed by atoms with Crippen LogP contribution in [0, 0.1) is 0 Å². The van der Waals surface area contributed by atoms with Gasteiger partial charge in [-0.15, -0.1) is 0 Å². The van der Waals surface area contributed by atoms with Gasteiger partial charge in [0.2, 0.25) is 0 Å². The zero-order valence-electron chi connectivity index (χ0n) is 14.1. The second-order valence-electron chi connectivity index (χ2n) is 7.83. The minimum Gasteiger partial charge on any atom is -0.261 e. The fraction of sp³-hybridized carbons (Fsp3) is 0.389. The second kappa shape index (κ2) is 5.54. The number of nitrogens with zero attached hydrogens (tertiary/aromatic N) is 1. The third-order valence-corrected chi connectivity index (χ3v) is 14.6. The molecule has 2 aromatic rings. The summed E-state index contributed by atoms with van der Waals surface area (Å²) in [6.45, 7) is 15.0. The number of hydrogen-bond acceptors (Lipinski definition) is 1. The smallest absolute Gasteiger partial charge is 0.0598 e. The molecule has 0 amide bonds. The zero-order chi connectivity index (χ0) is 15.7. The molecule has 1 aromatic heterocycles. The van der Waals surface area contributed by atoms with E-state index in [1.807, 2.05) is 12.3 Å². The standard InChI is InChI=1S/C18H27NSi2/c1-20(2,3)18(21(4,5)6,16-12-8-7-9-13-16)17-14-10-11-15-19-17/h7-15H,1-6H3. The van der Waals surface area contributed by atoms with Crippen molar-refractivity contribution >= 4 is 16.1 Å². The van der Waals surface area contributed by atoms with E-state index in [-0.39, 0.29) is 4.66 Å². The average molecular weight is 314 g/mol. The molecule has 0 saturated heterocycles. The van der Waals surface area contributed by atoms with E-state index in [4.69, 9.17) is 4.98 Å². The van der Waals surface area contributed by atoms with Crippen molar-refractivity contribution in [2.24, 2.45) is 0 Å².